The summed E-state index contributed by atoms with van der Waals surface area (Å²) in [7, 11) is 2.01. The molecule has 0 amide bonds. The van der Waals surface area contributed by atoms with Gasteiger partial charge in [-0.2, -0.15) is 5.10 Å². The zero-order valence-corrected chi connectivity index (χ0v) is 12.7. The summed E-state index contributed by atoms with van der Waals surface area (Å²) in [6.45, 7) is 3.66. The van der Waals surface area contributed by atoms with Crippen LogP contribution in [0.3, 0.4) is 0 Å². The van der Waals surface area contributed by atoms with E-state index in [9.17, 15) is 0 Å². The number of hydrogen-bond donors (Lipinski definition) is 1. The molecular weight excluding hydrogens is 260 g/mol. The van der Waals surface area contributed by atoms with Crippen molar-refractivity contribution in [1.29, 1.82) is 0 Å². The van der Waals surface area contributed by atoms with E-state index in [1.807, 2.05) is 11.7 Å². The molecule has 3 aromatic rings. The summed E-state index contributed by atoms with van der Waals surface area (Å²) in [6.07, 6.45) is 4.12. The van der Waals surface area contributed by atoms with Gasteiger partial charge in [0.25, 0.3) is 0 Å². The van der Waals surface area contributed by atoms with Crippen molar-refractivity contribution in [2.45, 2.75) is 26.3 Å². The molecular formula is C17H22N4. The van der Waals surface area contributed by atoms with Crippen LogP contribution in [-0.2, 0) is 26.4 Å². The van der Waals surface area contributed by atoms with Crippen LogP contribution in [0.1, 0.15) is 23.9 Å². The van der Waals surface area contributed by atoms with Crippen LogP contribution < -0.4 is 5.73 Å². The predicted molar refractivity (Wildman–Crippen MR) is 86.4 cm³/mol. The van der Waals surface area contributed by atoms with Crippen LogP contribution in [0, 0.1) is 0 Å². The number of fused-ring (bicyclic) bond motifs is 1. The van der Waals surface area contributed by atoms with E-state index in [0.717, 1.165) is 25.1 Å². The van der Waals surface area contributed by atoms with E-state index in [0.29, 0.717) is 6.54 Å². The molecule has 21 heavy (non-hydrogen) atoms. The molecule has 2 heterocycles. The molecule has 0 bridgehead atoms. The second-order valence-electron chi connectivity index (χ2n) is 5.44. The van der Waals surface area contributed by atoms with Crippen molar-refractivity contribution in [1.82, 2.24) is 14.3 Å². The Bertz CT molecular complexity index is 751. The summed E-state index contributed by atoms with van der Waals surface area (Å²) >= 11 is 0. The van der Waals surface area contributed by atoms with E-state index in [-0.39, 0.29) is 0 Å². The summed E-state index contributed by atoms with van der Waals surface area (Å²) in [4.78, 5) is 0. The van der Waals surface area contributed by atoms with Gasteiger partial charge < -0.3 is 10.3 Å². The molecule has 0 radical (unpaired) electrons. The lowest BCUT2D eigenvalue weighted by Crippen LogP contribution is -2.05. The lowest BCUT2D eigenvalue weighted by molar-refractivity contribution is 0.668. The molecule has 110 valence electrons. The number of aromatic nitrogens is 3. The molecule has 0 atom stereocenters. The molecule has 2 aromatic heterocycles. The zero-order valence-electron chi connectivity index (χ0n) is 12.7. The van der Waals surface area contributed by atoms with E-state index in [2.05, 4.69) is 53.1 Å². The number of benzene rings is 1. The molecule has 3 rings (SSSR count). The Hall–Kier alpha value is -2.07. The number of nitrogens with zero attached hydrogens (tertiary/aromatic N) is 3. The average molecular weight is 282 g/mol. The molecule has 1 aromatic carbocycles. The SMILES string of the molecule is CCc1cc(Cn2cc(CCN)c3ccccc32)n(C)n1. The summed E-state index contributed by atoms with van der Waals surface area (Å²) in [5, 5.41) is 5.84. The molecule has 0 saturated carbocycles. The first-order valence-electron chi connectivity index (χ1n) is 7.51. The number of aryl methyl sites for hydroxylation is 2. The first-order valence-corrected chi connectivity index (χ1v) is 7.51. The number of nitrogens with two attached hydrogens (primary N) is 1. The van der Waals surface area contributed by atoms with Crippen molar-refractivity contribution >= 4 is 10.9 Å². The van der Waals surface area contributed by atoms with E-state index < -0.39 is 0 Å². The lowest BCUT2D eigenvalue weighted by Gasteiger charge is -2.05. The maximum Gasteiger partial charge on any atom is 0.0645 e. The van der Waals surface area contributed by atoms with Crippen molar-refractivity contribution in [2.24, 2.45) is 12.8 Å². The molecule has 0 aliphatic heterocycles. The van der Waals surface area contributed by atoms with Crippen molar-refractivity contribution in [3.8, 4) is 0 Å². The quantitative estimate of drug-likeness (QED) is 0.781. The van der Waals surface area contributed by atoms with Crippen LogP contribution in [0.5, 0.6) is 0 Å². The Balaban J connectivity index is 2.01. The maximum atomic E-state index is 5.74. The molecule has 0 saturated heterocycles. The van der Waals surface area contributed by atoms with Crippen LogP contribution in [0.25, 0.3) is 10.9 Å². The average Bonchev–Trinajstić information content (AvgIpc) is 3.02. The maximum absolute atomic E-state index is 5.74. The van der Waals surface area contributed by atoms with Gasteiger partial charge in [-0.3, -0.25) is 4.68 Å². The highest BCUT2D eigenvalue weighted by Gasteiger charge is 2.10. The van der Waals surface area contributed by atoms with Crippen molar-refractivity contribution in [3.05, 3.63) is 53.5 Å². The molecule has 4 heteroatoms. The van der Waals surface area contributed by atoms with Gasteiger partial charge in [0.2, 0.25) is 0 Å². The molecule has 2 N–H and O–H groups in total. The highest BCUT2D eigenvalue weighted by atomic mass is 15.3. The first-order chi connectivity index (χ1) is 10.2. The fraction of sp³-hybridized carbons (Fsp3) is 0.353. The Labute approximate surface area is 125 Å². The fourth-order valence-electron chi connectivity index (χ4n) is 2.88. The Morgan fingerprint density at radius 2 is 2.05 bits per heavy atom. The van der Waals surface area contributed by atoms with Gasteiger partial charge >= 0.3 is 0 Å². The fourth-order valence-corrected chi connectivity index (χ4v) is 2.88. The van der Waals surface area contributed by atoms with Gasteiger partial charge in [-0.15, -0.1) is 0 Å². The first kappa shape index (κ1) is 13.9. The van der Waals surface area contributed by atoms with Gasteiger partial charge in [-0.1, -0.05) is 25.1 Å². The van der Waals surface area contributed by atoms with Crippen molar-refractivity contribution in [2.75, 3.05) is 6.54 Å². The third kappa shape index (κ3) is 2.59. The Morgan fingerprint density at radius 3 is 2.76 bits per heavy atom. The summed E-state index contributed by atoms with van der Waals surface area (Å²) in [5.74, 6) is 0. The van der Waals surface area contributed by atoms with E-state index in [1.54, 1.807) is 0 Å². The highest BCUT2D eigenvalue weighted by Crippen LogP contribution is 2.22. The normalized spacial score (nSPS) is 11.4. The second-order valence-corrected chi connectivity index (χ2v) is 5.44. The summed E-state index contributed by atoms with van der Waals surface area (Å²) < 4.78 is 4.28. The van der Waals surface area contributed by atoms with Crippen LogP contribution in [0.15, 0.2) is 36.5 Å². The topological polar surface area (TPSA) is 48.8 Å². The summed E-state index contributed by atoms with van der Waals surface area (Å²) in [6, 6.07) is 10.7. The zero-order chi connectivity index (χ0) is 14.8. The largest absolute Gasteiger partial charge is 0.341 e. The predicted octanol–water partition coefficient (Wildman–Crippen LogP) is 2.49. The molecule has 4 nitrogen and oxygen atoms in total. The number of para-hydroxylation sites is 1. The summed E-state index contributed by atoms with van der Waals surface area (Å²) in [5.41, 5.74) is 10.7. The third-order valence-electron chi connectivity index (χ3n) is 4.01. The van der Waals surface area contributed by atoms with Gasteiger partial charge in [-0.05, 0) is 37.1 Å². The van der Waals surface area contributed by atoms with Gasteiger partial charge in [-0.25, -0.2) is 0 Å². The Kier molecular flexibility index (Phi) is 3.80. The van der Waals surface area contributed by atoms with Gasteiger partial charge in [0.1, 0.15) is 0 Å². The molecule has 0 aliphatic carbocycles. The lowest BCUT2D eigenvalue weighted by atomic mass is 10.1. The van der Waals surface area contributed by atoms with Gasteiger partial charge in [0, 0.05) is 24.1 Å². The van der Waals surface area contributed by atoms with Crippen molar-refractivity contribution in [3.63, 3.8) is 0 Å². The molecule has 0 spiro atoms. The minimum Gasteiger partial charge on any atom is -0.341 e. The van der Waals surface area contributed by atoms with Crippen LogP contribution in [0.4, 0.5) is 0 Å². The number of hydrogen-bond acceptors (Lipinski definition) is 2. The minimum absolute atomic E-state index is 0.680. The smallest absolute Gasteiger partial charge is 0.0645 e. The van der Waals surface area contributed by atoms with E-state index >= 15 is 0 Å². The standard InChI is InChI=1S/C17H22N4/c1-3-14-10-15(20(2)19-14)12-21-11-13(8-9-18)16-6-4-5-7-17(16)21/h4-7,10-11H,3,8-9,12,18H2,1-2H3. The van der Waals surface area contributed by atoms with Crippen molar-refractivity contribution < 1.29 is 0 Å². The third-order valence-corrected chi connectivity index (χ3v) is 4.01. The minimum atomic E-state index is 0.680. The van der Waals surface area contributed by atoms with E-state index in [1.165, 1.54) is 22.2 Å². The monoisotopic (exact) mass is 282 g/mol. The number of rotatable bonds is 5. The van der Waals surface area contributed by atoms with Gasteiger partial charge in [0.05, 0.1) is 17.9 Å². The molecule has 0 unspecified atom stereocenters. The van der Waals surface area contributed by atoms with E-state index in [4.69, 9.17) is 5.73 Å². The second kappa shape index (κ2) is 5.74. The van der Waals surface area contributed by atoms with Crippen LogP contribution in [-0.4, -0.2) is 20.9 Å². The highest BCUT2D eigenvalue weighted by molar-refractivity contribution is 5.84. The van der Waals surface area contributed by atoms with Crippen LogP contribution in [0.2, 0.25) is 0 Å². The molecule has 0 aliphatic rings. The molecule has 0 fully saturated rings. The van der Waals surface area contributed by atoms with Gasteiger partial charge in [0.15, 0.2) is 0 Å². The Morgan fingerprint density at radius 1 is 1.24 bits per heavy atom. The van der Waals surface area contributed by atoms with Crippen LogP contribution >= 0.6 is 0 Å².